The van der Waals surface area contributed by atoms with Gasteiger partial charge in [0.25, 0.3) is 0 Å². The van der Waals surface area contributed by atoms with Crippen LogP contribution in [0.25, 0.3) is 0 Å². The van der Waals surface area contributed by atoms with Gasteiger partial charge in [-0.15, -0.1) is 10.2 Å². The van der Waals surface area contributed by atoms with Gasteiger partial charge in [-0.2, -0.15) is 0 Å². The Balaban J connectivity index is 1.59. The summed E-state index contributed by atoms with van der Waals surface area (Å²) < 4.78 is 18.4. The Morgan fingerprint density at radius 1 is 1.06 bits per heavy atom. The van der Waals surface area contributed by atoms with Crippen molar-refractivity contribution in [3.63, 3.8) is 0 Å². The maximum Gasteiger partial charge on any atom is 0.234 e. The van der Waals surface area contributed by atoms with Crippen LogP contribution in [0, 0.1) is 0 Å². The summed E-state index contributed by atoms with van der Waals surface area (Å²) in [5.41, 5.74) is 1.82. The van der Waals surface area contributed by atoms with Crippen LogP contribution in [0.2, 0.25) is 0 Å². The number of carbonyl (C=O) groups excluding carboxylic acids is 1. The highest BCUT2D eigenvalue weighted by Gasteiger charge is 2.15. The summed E-state index contributed by atoms with van der Waals surface area (Å²) >= 11 is 1.32. The Morgan fingerprint density at radius 3 is 2.42 bits per heavy atom. The first kappa shape index (κ1) is 24.4. The summed E-state index contributed by atoms with van der Waals surface area (Å²) in [5, 5.41) is 12.0. The predicted molar refractivity (Wildman–Crippen MR) is 129 cm³/mol. The molecule has 2 aromatic carbocycles. The van der Waals surface area contributed by atoms with Crippen LogP contribution in [0.4, 0.5) is 5.69 Å². The molecule has 1 amide bonds. The van der Waals surface area contributed by atoms with Crippen molar-refractivity contribution in [1.82, 2.24) is 14.8 Å². The van der Waals surface area contributed by atoms with Crippen LogP contribution in [0.1, 0.15) is 38.1 Å². The van der Waals surface area contributed by atoms with Gasteiger partial charge in [0.2, 0.25) is 5.91 Å². The number of nitrogens with one attached hydrogen (secondary N) is 1. The van der Waals surface area contributed by atoms with E-state index in [1.165, 1.54) is 17.3 Å². The van der Waals surface area contributed by atoms with Gasteiger partial charge in [-0.3, -0.25) is 4.79 Å². The third kappa shape index (κ3) is 6.41. The number of aromatic nitrogens is 3. The summed E-state index contributed by atoms with van der Waals surface area (Å²) in [7, 11) is 3.13. The molecule has 0 aliphatic heterocycles. The lowest BCUT2D eigenvalue weighted by atomic mass is 10.0. The number of hydrogen-bond acceptors (Lipinski definition) is 7. The predicted octanol–water partition coefficient (Wildman–Crippen LogP) is 4.75. The number of methoxy groups -OCH3 is 2. The molecule has 1 aromatic heterocycles. The maximum atomic E-state index is 12.5. The third-order valence-electron chi connectivity index (χ3n) is 5.04. The van der Waals surface area contributed by atoms with E-state index in [4.69, 9.17) is 14.2 Å². The fourth-order valence-electron chi connectivity index (χ4n) is 3.18. The van der Waals surface area contributed by atoms with Gasteiger partial charge in [0.05, 0.1) is 25.7 Å². The molecule has 0 bridgehead atoms. The minimum absolute atomic E-state index is 0.177. The number of carbonyl (C=O) groups is 1. The second kappa shape index (κ2) is 11.6. The van der Waals surface area contributed by atoms with E-state index in [1.807, 2.05) is 23.6 Å². The number of ether oxygens (including phenoxy) is 3. The monoisotopic (exact) mass is 470 g/mol. The number of rotatable bonds is 11. The highest BCUT2D eigenvalue weighted by molar-refractivity contribution is 7.99. The average molecular weight is 471 g/mol. The lowest BCUT2D eigenvalue weighted by Gasteiger charge is -2.12. The van der Waals surface area contributed by atoms with Crippen molar-refractivity contribution in [1.29, 1.82) is 0 Å². The molecule has 0 fully saturated rings. The fourth-order valence-corrected chi connectivity index (χ4v) is 4.00. The normalized spacial score (nSPS) is 10.8. The van der Waals surface area contributed by atoms with Gasteiger partial charge >= 0.3 is 0 Å². The Labute approximate surface area is 198 Å². The largest absolute Gasteiger partial charge is 0.497 e. The summed E-state index contributed by atoms with van der Waals surface area (Å²) in [6.45, 7) is 7.30. The first-order valence-corrected chi connectivity index (χ1v) is 11.7. The van der Waals surface area contributed by atoms with Crippen molar-refractivity contribution in [2.24, 2.45) is 0 Å². The van der Waals surface area contributed by atoms with E-state index in [2.05, 4.69) is 41.5 Å². The zero-order valence-electron chi connectivity index (χ0n) is 19.6. The number of nitrogens with zero attached hydrogens (tertiary/aromatic N) is 3. The van der Waals surface area contributed by atoms with E-state index >= 15 is 0 Å². The van der Waals surface area contributed by atoms with Gasteiger partial charge in [0.1, 0.15) is 23.9 Å². The van der Waals surface area contributed by atoms with Gasteiger partial charge in [-0.1, -0.05) is 37.7 Å². The molecule has 9 heteroatoms. The molecule has 1 N–H and O–H groups in total. The molecule has 0 saturated heterocycles. The summed E-state index contributed by atoms with van der Waals surface area (Å²) in [5.74, 6) is 3.16. The first-order chi connectivity index (χ1) is 15.9. The molecular formula is C24H30N4O4S. The molecule has 176 valence electrons. The average Bonchev–Trinajstić information content (AvgIpc) is 3.23. The van der Waals surface area contributed by atoms with Crippen LogP contribution in [0.15, 0.2) is 47.6 Å². The molecule has 0 aliphatic carbocycles. The molecule has 3 aromatic rings. The van der Waals surface area contributed by atoms with Crippen LogP contribution in [0.3, 0.4) is 0 Å². The molecule has 1 heterocycles. The van der Waals surface area contributed by atoms with E-state index < -0.39 is 0 Å². The number of hydrogen-bond donors (Lipinski definition) is 1. The second-order valence-electron chi connectivity index (χ2n) is 7.56. The minimum Gasteiger partial charge on any atom is -0.497 e. The molecule has 3 rings (SSSR count). The van der Waals surface area contributed by atoms with Crippen LogP contribution < -0.4 is 19.5 Å². The van der Waals surface area contributed by atoms with Crippen molar-refractivity contribution < 1.29 is 19.0 Å². The quantitative estimate of drug-likeness (QED) is 0.405. The molecule has 0 unspecified atom stereocenters. The van der Waals surface area contributed by atoms with Crippen molar-refractivity contribution in [2.45, 2.75) is 45.0 Å². The molecule has 0 radical (unpaired) electrons. The van der Waals surface area contributed by atoms with Gasteiger partial charge in [-0.05, 0) is 42.7 Å². The summed E-state index contributed by atoms with van der Waals surface area (Å²) in [6.07, 6.45) is 0. The Morgan fingerprint density at radius 2 is 1.79 bits per heavy atom. The molecule has 33 heavy (non-hydrogen) atoms. The minimum atomic E-state index is -0.180. The Bertz CT molecular complexity index is 1070. The van der Waals surface area contributed by atoms with Gasteiger partial charge < -0.3 is 24.1 Å². The standard InChI is InChI=1S/C24H30N4O4S/c1-6-28-22(14-32-18-9-7-17(8-10-18)16(2)3)26-27-24(28)33-15-23(29)25-20-13-19(30-4)11-12-21(20)31-5/h7-13,16H,6,14-15H2,1-5H3,(H,25,29). The molecule has 0 atom stereocenters. The molecule has 0 saturated carbocycles. The zero-order chi connectivity index (χ0) is 23.8. The number of benzene rings is 2. The topological polar surface area (TPSA) is 87.5 Å². The summed E-state index contributed by atoms with van der Waals surface area (Å²) in [4.78, 5) is 12.5. The molecule has 0 spiro atoms. The Hall–Kier alpha value is -3.20. The van der Waals surface area contributed by atoms with Crippen LogP contribution >= 0.6 is 11.8 Å². The lowest BCUT2D eigenvalue weighted by Crippen LogP contribution is -2.15. The van der Waals surface area contributed by atoms with Crippen LogP contribution in [0.5, 0.6) is 17.2 Å². The maximum absolute atomic E-state index is 12.5. The number of thioether (sulfide) groups is 1. The third-order valence-corrected chi connectivity index (χ3v) is 6.00. The zero-order valence-corrected chi connectivity index (χ0v) is 20.4. The lowest BCUT2D eigenvalue weighted by molar-refractivity contribution is -0.113. The van der Waals surface area contributed by atoms with E-state index in [1.54, 1.807) is 32.4 Å². The van der Waals surface area contributed by atoms with Gasteiger partial charge in [0.15, 0.2) is 11.0 Å². The number of amides is 1. The van der Waals surface area contributed by atoms with E-state index in [0.29, 0.717) is 47.2 Å². The smallest absolute Gasteiger partial charge is 0.234 e. The van der Waals surface area contributed by atoms with Crippen molar-refractivity contribution in [3.05, 3.63) is 53.9 Å². The molecule has 0 aliphatic rings. The van der Waals surface area contributed by atoms with E-state index in [-0.39, 0.29) is 11.7 Å². The highest BCUT2D eigenvalue weighted by Crippen LogP contribution is 2.29. The fraction of sp³-hybridized carbons (Fsp3) is 0.375. The first-order valence-electron chi connectivity index (χ1n) is 10.7. The van der Waals surface area contributed by atoms with E-state index in [0.717, 1.165) is 5.75 Å². The SMILES string of the molecule is CCn1c(COc2ccc(C(C)C)cc2)nnc1SCC(=O)Nc1cc(OC)ccc1OC. The van der Waals surface area contributed by atoms with Gasteiger partial charge in [0, 0.05) is 12.6 Å². The Kier molecular flexibility index (Phi) is 8.59. The van der Waals surface area contributed by atoms with Gasteiger partial charge in [-0.25, -0.2) is 0 Å². The summed E-state index contributed by atoms with van der Waals surface area (Å²) in [6, 6.07) is 13.3. The van der Waals surface area contributed by atoms with Crippen molar-refractivity contribution in [2.75, 3.05) is 25.3 Å². The van der Waals surface area contributed by atoms with Crippen molar-refractivity contribution >= 4 is 23.4 Å². The van der Waals surface area contributed by atoms with E-state index in [9.17, 15) is 4.79 Å². The molecule has 8 nitrogen and oxygen atoms in total. The van der Waals surface area contributed by atoms with Crippen LogP contribution in [-0.2, 0) is 17.9 Å². The number of anilines is 1. The molecular weight excluding hydrogens is 440 g/mol. The van der Waals surface area contributed by atoms with Crippen molar-refractivity contribution in [3.8, 4) is 17.2 Å². The highest BCUT2D eigenvalue weighted by atomic mass is 32.2. The van der Waals surface area contributed by atoms with Crippen LogP contribution in [-0.4, -0.2) is 40.6 Å². The second-order valence-corrected chi connectivity index (χ2v) is 8.50.